The van der Waals surface area contributed by atoms with E-state index in [1.54, 1.807) is 0 Å². The van der Waals surface area contributed by atoms with Crippen molar-refractivity contribution >= 4 is 5.69 Å². The first-order valence-electron chi connectivity index (χ1n) is 5.51. The van der Waals surface area contributed by atoms with E-state index in [0.29, 0.717) is 0 Å². The molecule has 3 nitrogen and oxygen atoms in total. The van der Waals surface area contributed by atoms with E-state index in [-0.39, 0.29) is 0 Å². The zero-order chi connectivity index (χ0) is 12.3. The van der Waals surface area contributed by atoms with Crippen LogP contribution in [0.3, 0.4) is 0 Å². The Labute approximate surface area is 101 Å². The van der Waals surface area contributed by atoms with Crippen molar-refractivity contribution in [1.82, 2.24) is 0 Å². The third kappa shape index (κ3) is 2.57. The lowest BCUT2D eigenvalue weighted by molar-refractivity contribution is 0.475. The summed E-state index contributed by atoms with van der Waals surface area (Å²) in [6, 6.07) is 13.6. The number of para-hydroxylation sites is 1. The molecule has 0 aliphatic rings. The minimum Gasteiger partial charge on any atom is -0.457 e. The number of ether oxygens (including phenoxy) is 1. The second-order valence-corrected chi connectivity index (χ2v) is 3.99. The first kappa shape index (κ1) is 11.5. The van der Waals surface area contributed by atoms with E-state index in [2.05, 4.69) is 5.43 Å². The Morgan fingerprint density at radius 1 is 0.941 bits per heavy atom. The SMILES string of the molecule is Cc1cccc(C)c1Oc1ccc(NN)cc1. The lowest BCUT2D eigenvalue weighted by Crippen LogP contribution is -2.06. The Morgan fingerprint density at radius 3 is 2.06 bits per heavy atom. The van der Waals surface area contributed by atoms with Gasteiger partial charge in [-0.2, -0.15) is 0 Å². The quantitative estimate of drug-likeness (QED) is 0.625. The molecule has 0 aromatic heterocycles. The monoisotopic (exact) mass is 228 g/mol. The van der Waals surface area contributed by atoms with Gasteiger partial charge in [-0.25, -0.2) is 0 Å². The van der Waals surface area contributed by atoms with Crippen LogP contribution in [0.15, 0.2) is 42.5 Å². The van der Waals surface area contributed by atoms with Crippen molar-refractivity contribution in [2.75, 3.05) is 5.43 Å². The van der Waals surface area contributed by atoms with Crippen molar-refractivity contribution in [1.29, 1.82) is 0 Å². The van der Waals surface area contributed by atoms with Gasteiger partial charge in [0.2, 0.25) is 0 Å². The van der Waals surface area contributed by atoms with E-state index >= 15 is 0 Å². The molecule has 3 N–H and O–H groups in total. The number of aryl methyl sites for hydroxylation is 2. The van der Waals surface area contributed by atoms with Gasteiger partial charge in [-0.15, -0.1) is 0 Å². The van der Waals surface area contributed by atoms with Crippen LogP contribution in [0, 0.1) is 13.8 Å². The summed E-state index contributed by atoms with van der Waals surface area (Å²) in [5, 5.41) is 0. The van der Waals surface area contributed by atoms with Crippen LogP contribution in [-0.4, -0.2) is 0 Å². The number of hydrogen-bond donors (Lipinski definition) is 2. The molecule has 0 aliphatic heterocycles. The van der Waals surface area contributed by atoms with Gasteiger partial charge in [0.25, 0.3) is 0 Å². The normalized spacial score (nSPS) is 10.1. The fourth-order valence-corrected chi connectivity index (χ4v) is 1.70. The van der Waals surface area contributed by atoms with Gasteiger partial charge in [0, 0.05) is 5.69 Å². The summed E-state index contributed by atoms with van der Waals surface area (Å²) in [5.74, 6) is 7.03. The Hall–Kier alpha value is -2.00. The fourth-order valence-electron chi connectivity index (χ4n) is 1.70. The molecular weight excluding hydrogens is 212 g/mol. The van der Waals surface area contributed by atoms with Crippen molar-refractivity contribution < 1.29 is 4.74 Å². The summed E-state index contributed by atoms with van der Waals surface area (Å²) < 4.78 is 5.87. The number of rotatable bonds is 3. The smallest absolute Gasteiger partial charge is 0.133 e. The van der Waals surface area contributed by atoms with E-state index in [4.69, 9.17) is 10.6 Å². The predicted molar refractivity (Wildman–Crippen MR) is 70.2 cm³/mol. The second-order valence-electron chi connectivity index (χ2n) is 3.99. The number of nitrogen functional groups attached to an aromatic ring is 1. The van der Waals surface area contributed by atoms with Crippen molar-refractivity contribution in [3.8, 4) is 11.5 Å². The van der Waals surface area contributed by atoms with Gasteiger partial charge < -0.3 is 10.2 Å². The minimum atomic E-state index is 0.807. The highest BCUT2D eigenvalue weighted by atomic mass is 16.5. The molecule has 0 spiro atoms. The van der Waals surface area contributed by atoms with Crippen LogP contribution in [0.4, 0.5) is 5.69 Å². The van der Waals surface area contributed by atoms with Gasteiger partial charge in [0.1, 0.15) is 11.5 Å². The molecule has 0 heterocycles. The van der Waals surface area contributed by atoms with Crippen LogP contribution in [0.1, 0.15) is 11.1 Å². The summed E-state index contributed by atoms with van der Waals surface area (Å²) in [5.41, 5.74) is 5.71. The van der Waals surface area contributed by atoms with Crippen LogP contribution >= 0.6 is 0 Å². The molecular formula is C14H16N2O. The predicted octanol–water partition coefficient (Wildman–Crippen LogP) is 3.38. The highest BCUT2D eigenvalue weighted by molar-refractivity contribution is 5.48. The van der Waals surface area contributed by atoms with Gasteiger partial charge in [0.05, 0.1) is 0 Å². The zero-order valence-corrected chi connectivity index (χ0v) is 10.0. The van der Waals surface area contributed by atoms with E-state index in [1.165, 1.54) is 0 Å². The maximum Gasteiger partial charge on any atom is 0.133 e. The summed E-state index contributed by atoms with van der Waals surface area (Å²) in [6.07, 6.45) is 0. The number of benzene rings is 2. The van der Waals surface area contributed by atoms with Gasteiger partial charge in [-0.05, 0) is 49.2 Å². The molecule has 0 amide bonds. The largest absolute Gasteiger partial charge is 0.457 e. The Bertz CT molecular complexity index is 486. The van der Waals surface area contributed by atoms with Gasteiger partial charge >= 0.3 is 0 Å². The summed E-state index contributed by atoms with van der Waals surface area (Å²) in [4.78, 5) is 0. The zero-order valence-electron chi connectivity index (χ0n) is 10.0. The molecule has 0 aliphatic carbocycles. The van der Waals surface area contributed by atoms with Crippen LogP contribution in [0.25, 0.3) is 0 Å². The van der Waals surface area contributed by atoms with E-state index < -0.39 is 0 Å². The highest BCUT2D eigenvalue weighted by Crippen LogP contribution is 2.28. The van der Waals surface area contributed by atoms with Crippen molar-refractivity contribution in [3.63, 3.8) is 0 Å². The fraction of sp³-hybridized carbons (Fsp3) is 0.143. The first-order chi connectivity index (χ1) is 8.20. The van der Waals surface area contributed by atoms with Gasteiger partial charge in [-0.1, -0.05) is 18.2 Å². The van der Waals surface area contributed by atoms with Crippen LogP contribution < -0.4 is 16.0 Å². The molecule has 0 atom stereocenters. The molecule has 88 valence electrons. The van der Waals surface area contributed by atoms with Gasteiger partial charge in [-0.3, -0.25) is 5.84 Å². The Kier molecular flexibility index (Phi) is 3.30. The second kappa shape index (κ2) is 4.89. The lowest BCUT2D eigenvalue weighted by atomic mass is 10.1. The van der Waals surface area contributed by atoms with Crippen LogP contribution in [0.5, 0.6) is 11.5 Å². The van der Waals surface area contributed by atoms with Crippen LogP contribution in [-0.2, 0) is 0 Å². The molecule has 0 unspecified atom stereocenters. The molecule has 2 rings (SSSR count). The van der Waals surface area contributed by atoms with Crippen molar-refractivity contribution in [2.24, 2.45) is 5.84 Å². The standard InChI is InChI=1S/C14H16N2O/c1-10-4-3-5-11(2)14(10)17-13-8-6-12(16-15)7-9-13/h3-9,16H,15H2,1-2H3. The molecule has 0 saturated heterocycles. The highest BCUT2D eigenvalue weighted by Gasteiger charge is 2.04. The third-order valence-electron chi connectivity index (χ3n) is 2.65. The number of hydrogen-bond acceptors (Lipinski definition) is 3. The number of nitrogens with one attached hydrogen (secondary N) is 1. The average molecular weight is 228 g/mol. The summed E-state index contributed by atoms with van der Waals surface area (Å²) in [6.45, 7) is 4.08. The summed E-state index contributed by atoms with van der Waals surface area (Å²) in [7, 11) is 0. The van der Waals surface area contributed by atoms with Crippen LogP contribution in [0.2, 0.25) is 0 Å². The number of nitrogens with two attached hydrogens (primary N) is 1. The Balaban J connectivity index is 2.25. The molecule has 2 aromatic rings. The average Bonchev–Trinajstić information content (AvgIpc) is 2.35. The number of anilines is 1. The Morgan fingerprint density at radius 2 is 1.53 bits per heavy atom. The summed E-state index contributed by atoms with van der Waals surface area (Å²) >= 11 is 0. The van der Waals surface area contributed by atoms with E-state index in [1.807, 2.05) is 56.3 Å². The van der Waals surface area contributed by atoms with Crippen molar-refractivity contribution in [3.05, 3.63) is 53.6 Å². The maximum atomic E-state index is 5.87. The molecule has 0 bridgehead atoms. The van der Waals surface area contributed by atoms with E-state index in [0.717, 1.165) is 28.3 Å². The lowest BCUT2D eigenvalue weighted by Gasteiger charge is -2.11. The number of hydrazine groups is 1. The first-order valence-corrected chi connectivity index (χ1v) is 5.51. The molecule has 0 radical (unpaired) electrons. The molecule has 3 heteroatoms. The van der Waals surface area contributed by atoms with Gasteiger partial charge in [0.15, 0.2) is 0 Å². The molecule has 17 heavy (non-hydrogen) atoms. The molecule has 0 saturated carbocycles. The minimum absolute atomic E-state index is 0.807. The van der Waals surface area contributed by atoms with Crippen molar-refractivity contribution in [2.45, 2.75) is 13.8 Å². The topological polar surface area (TPSA) is 47.3 Å². The molecule has 2 aromatic carbocycles. The molecule has 0 fully saturated rings. The van der Waals surface area contributed by atoms with E-state index in [9.17, 15) is 0 Å². The maximum absolute atomic E-state index is 5.87. The third-order valence-corrected chi connectivity index (χ3v) is 2.65.